The van der Waals surface area contributed by atoms with Crippen molar-refractivity contribution in [3.63, 3.8) is 0 Å². The molecule has 14 heavy (non-hydrogen) atoms. The Morgan fingerprint density at radius 2 is 2.50 bits per heavy atom. The fourth-order valence-corrected chi connectivity index (χ4v) is 1.82. The van der Waals surface area contributed by atoms with Gasteiger partial charge in [0.15, 0.2) is 0 Å². The normalized spacial score (nSPS) is 12.4. The third-order valence-corrected chi connectivity index (χ3v) is 2.92. The molecule has 1 heterocycles. The lowest BCUT2D eigenvalue weighted by Gasteiger charge is -2.09. The number of carbonyl (C=O) groups excluding carboxylic acids is 1. The summed E-state index contributed by atoms with van der Waals surface area (Å²) in [5.41, 5.74) is 5.76. The van der Waals surface area contributed by atoms with Crippen LogP contribution in [0.5, 0.6) is 0 Å². The van der Waals surface area contributed by atoms with Gasteiger partial charge in [-0.1, -0.05) is 19.4 Å². The highest BCUT2D eigenvalue weighted by Gasteiger charge is 2.15. The average molecular weight is 212 g/mol. The van der Waals surface area contributed by atoms with E-state index in [1.165, 1.54) is 11.3 Å². The summed E-state index contributed by atoms with van der Waals surface area (Å²) >= 11 is 1.51. The number of hydrogen-bond acceptors (Lipinski definition) is 3. The zero-order valence-electron chi connectivity index (χ0n) is 8.32. The molecule has 0 aromatic carbocycles. The second kappa shape index (κ2) is 5.78. The lowest BCUT2D eigenvalue weighted by Crippen LogP contribution is -2.34. The summed E-state index contributed by atoms with van der Waals surface area (Å²) in [6.45, 7) is 2.81. The van der Waals surface area contributed by atoms with E-state index in [0.29, 0.717) is 6.54 Å². The van der Waals surface area contributed by atoms with Crippen molar-refractivity contribution in [3.8, 4) is 0 Å². The van der Waals surface area contributed by atoms with Crippen molar-refractivity contribution in [2.24, 2.45) is 5.73 Å². The van der Waals surface area contributed by atoms with Crippen molar-refractivity contribution in [3.05, 3.63) is 22.4 Å². The van der Waals surface area contributed by atoms with E-state index in [0.717, 1.165) is 17.7 Å². The number of rotatable bonds is 5. The molecule has 1 aromatic rings. The van der Waals surface area contributed by atoms with E-state index in [2.05, 4.69) is 12.2 Å². The first-order valence-corrected chi connectivity index (χ1v) is 5.70. The zero-order chi connectivity index (χ0) is 10.4. The first kappa shape index (κ1) is 11.2. The molecule has 0 aliphatic heterocycles. The highest BCUT2D eigenvalue weighted by molar-refractivity contribution is 7.10. The van der Waals surface area contributed by atoms with Crippen LogP contribution in [0.4, 0.5) is 0 Å². The van der Waals surface area contributed by atoms with Crippen LogP contribution in [0.1, 0.15) is 30.7 Å². The van der Waals surface area contributed by atoms with E-state index in [-0.39, 0.29) is 5.91 Å². The van der Waals surface area contributed by atoms with Gasteiger partial charge in [0.25, 0.3) is 0 Å². The highest BCUT2D eigenvalue weighted by atomic mass is 32.1. The van der Waals surface area contributed by atoms with Crippen molar-refractivity contribution in [2.75, 3.05) is 6.54 Å². The van der Waals surface area contributed by atoms with Crippen LogP contribution in [-0.4, -0.2) is 12.5 Å². The predicted molar refractivity (Wildman–Crippen MR) is 59.2 cm³/mol. The molecular formula is C10H16N2OS. The molecule has 4 heteroatoms. The fourth-order valence-electron chi connectivity index (χ4n) is 1.10. The van der Waals surface area contributed by atoms with Crippen LogP contribution in [0.15, 0.2) is 17.5 Å². The molecule has 1 atom stereocenters. The van der Waals surface area contributed by atoms with Crippen LogP contribution >= 0.6 is 11.3 Å². The van der Waals surface area contributed by atoms with Crippen LogP contribution in [0, 0.1) is 0 Å². The first-order valence-electron chi connectivity index (χ1n) is 4.82. The second-order valence-electron chi connectivity index (χ2n) is 3.14. The molecule has 0 bridgehead atoms. The van der Waals surface area contributed by atoms with Gasteiger partial charge in [0.2, 0.25) is 5.91 Å². The molecule has 0 aliphatic carbocycles. The number of thiophene rings is 1. The van der Waals surface area contributed by atoms with Crippen molar-refractivity contribution < 1.29 is 4.79 Å². The van der Waals surface area contributed by atoms with Gasteiger partial charge in [-0.2, -0.15) is 0 Å². The molecule has 0 aliphatic rings. The molecule has 3 N–H and O–H groups in total. The quantitative estimate of drug-likeness (QED) is 0.729. The van der Waals surface area contributed by atoms with E-state index in [4.69, 9.17) is 5.73 Å². The Bertz CT molecular complexity index is 272. The molecule has 0 saturated carbocycles. The number of carbonyl (C=O) groups is 1. The number of nitrogens with two attached hydrogens (primary N) is 1. The Labute approximate surface area is 88.3 Å². The number of amides is 1. The van der Waals surface area contributed by atoms with Crippen molar-refractivity contribution in [1.82, 2.24) is 5.32 Å². The zero-order valence-corrected chi connectivity index (χ0v) is 9.14. The van der Waals surface area contributed by atoms with E-state index in [1.807, 2.05) is 17.5 Å². The molecule has 0 fully saturated rings. The molecule has 1 unspecified atom stereocenters. The van der Waals surface area contributed by atoms with Gasteiger partial charge in [-0.25, -0.2) is 0 Å². The largest absolute Gasteiger partial charge is 0.354 e. The van der Waals surface area contributed by atoms with Crippen molar-refractivity contribution in [1.29, 1.82) is 0 Å². The van der Waals surface area contributed by atoms with Gasteiger partial charge in [-0.3, -0.25) is 4.79 Å². The molecule has 0 saturated heterocycles. The van der Waals surface area contributed by atoms with Crippen molar-refractivity contribution in [2.45, 2.75) is 25.8 Å². The van der Waals surface area contributed by atoms with E-state index < -0.39 is 6.04 Å². The first-order chi connectivity index (χ1) is 6.75. The third kappa shape index (κ3) is 3.12. The fraction of sp³-hybridized carbons (Fsp3) is 0.500. The Hall–Kier alpha value is -0.870. The Balaban J connectivity index is 2.37. The lowest BCUT2D eigenvalue weighted by atomic mass is 10.2. The maximum atomic E-state index is 11.5. The summed E-state index contributed by atoms with van der Waals surface area (Å²) < 4.78 is 0. The van der Waals surface area contributed by atoms with Crippen LogP contribution in [0.25, 0.3) is 0 Å². The monoisotopic (exact) mass is 212 g/mol. The summed E-state index contributed by atoms with van der Waals surface area (Å²) in [5.74, 6) is -0.0825. The van der Waals surface area contributed by atoms with Crippen molar-refractivity contribution >= 4 is 17.2 Å². The van der Waals surface area contributed by atoms with Gasteiger partial charge in [-0.05, 0) is 17.9 Å². The minimum Gasteiger partial charge on any atom is -0.354 e. The maximum absolute atomic E-state index is 11.5. The van der Waals surface area contributed by atoms with Gasteiger partial charge in [0, 0.05) is 11.4 Å². The van der Waals surface area contributed by atoms with Gasteiger partial charge in [-0.15, -0.1) is 11.3 Å². The summed E-state index contributed by atoms with van der Waals surface area (Å²) in [4.78, 5) is 12.4. The minimum absolute atomic E-state index is 0.0825. The van der Waals surface area contributed by atoms with Crippen LogP contribution in [-0.2, 0) is 4.79 Å². The third-order valence-electron chi connectivity index (χ3n) is 1.96. The van der Waals surface area contributed by atoms with E-state index >= 15 is 0 Å². The molecule has 1 rings (SSSR count). The molecule has 1 aromatic heterocycles. The molecule has 0 spiro atoms. The van der Waals surface area contributed by atoms with Gasteiger partial charge >= 0.3 is 0 Å². The molecular weight excluding hydrogens is 196 g/mol. The van der Waals surface area contributed by atoms with E-state index in [1.54, 1.807) is 0 Å². The summed E-state index contributed by atoms with van der Waals surface area (Å²) in [6.07, 6.45) is 2.08. The predicted octanol–water partition coefficient (Wildman–Crippen LogP) is 1.66. The van der Waals surface area contributed by atoms with Crippen LogP contribution in [0.2, 0.25) is 0 Å². The van der Waals surface area contributed by atoms with Crippen LogP contribution in [0.3, 0.4) is 0 Å². The Morgan fingerprint density at radius 3 is 3.07 bits per heavy atom. The van der Waals surface area contributed by atoms with Gasteiger partial charge in [0.05, 0.1) is 0 Å². The molecule has 78 valence electrons. The topological polar surface area (TPSA) is 55.1 Å². The second-order valence-corrected chi connectivity index (χ2v) is 4.12. The Morgan fingerprint density at radius 1 is 1.71 bits per heavy atom. The minimum atomic E-state index is -0.508. The summed E-state index contributed by atoms with van der Waals surface area (Å²) in [6, 6.07) is 3.28. The number of nitrogens with one attached hydrogen (secondary N) is 1. The number of hydrogen-bond donors (Lipinski definition) is 2. The standard InChI is InChI=1S/C10H16N2OS/c1-2-3-6-12-10(13)9(11)8-5-4-7-14-8/h4-5,7,9H,2-3,6,11H2,1H3,(H,12,13). The van der Waals surface area contributed by atoms with Crippen LogP contribution < -0.4 is 11.1 Å². The molecule has 1 amide bonds. The molecule has 3 nitrogen and oxygen atoms in total. The Kier molecular flexibility index (Phi) is 4.62. The smallest absolute Gasteiger partial charge is 0.242 e. The van der Waals surface area contributed by atoms with Gasteiger partial charge < -0.3 is 11.1 Å². The van der Waals surface area contributed by atoms with E-state index in [9.17, 15) is 4.79 Å². The van der Waals surface area contributed by atoms with Gasteiger partial charge in [0.1, 0.15) is 6.04 Å². The summed E-state index contributed by atoms with van der Waals surface area (Å²) in [7, 11) is 0. The average Bonchev–Trinajstić information content (AvgIpc) is 2.69. The number of unbranched alkanes of at least 4 members (excludes halogenated alkanes) is 1. The summed E-state index contributed by atoms with van der Waals surface area (Å²) in [5, 5.41) is 4.74. The SMILES string of the molecule is CCCCNC(=O)C(N)c1cccs1. The maximum Gasteiger partial charge on any atom is 0.242 e. The highest BCUT2D eigenvalue weighted by Crippen LogP contribution is 2.16. The molecule has 0 radical (unpaired) electrons. The lowest BCUT2D eigenvalue weighted by molar-refractivity contribution is -0.122.